The molecule has 196 valence electrons. The summed E-state index contributed by atoms with van der Waals surface area (Å²) in [5.74, 6) is 1.09. The molecule has 3 heterocycles. The third-order valence-corrected chi connectivity index (χ3v) is 8.63. The van der Waals surface area contributed by atoms with E-state index in [1.54, 1.807) is 25.1 Å². The zero-order chi connectivity index (χ0) is 26.4. The van der Waals surface area contributed by atoms with Gasteiger partial charge in [-0.05, 0) is 42.9 Å². The highest BCUT2D eigenvalue weighted by atomic mass is 32.1. The molecule has 1 saturated heterocycles. The molecule has 2 aliphatic rings. The Morgan fingerprint density at radius 2 is 1.95 bits per heavy atom. The van der Waals surface area contributed by atoms with Crippen LogP contribution in [0.2, 0.25) is 0 Å². The van der Waals surface area contributed by atoms with E-state index in [1.165, 1.54) is 11.3 Å². The largest absolute Gasteiger partial charge is 0.441 e. The van der Waals surface area contributed by atoms with Crippen LogP contribution in [-0.4, -0.2) is 59.6 Å². The van der Waals surface area contributed by atoms with Gasteiger partial charge in [0.05, 0.1) is 10.9 Å². The highest BCUT2D eigenvalue weighted by molar-refractivity contribution is 7.19. The number of hydrogen-bond donors (Lipinski definition) is 1. The van der Waals surface area contributed by atoms with Gasteiger partial charge in [0.15, 0.2) is 27.9 Å². The average Bonchev–Trinajstić information content (AvgIpc) is 3.70. The van der Waals surface area contributed by atoms with Crippen LogP contribution < -0.4 is 15.0 Å². The molecule has 2 aromatic heterocycles. The first-order chi connectivity index (χ1) is 18.4. The van der Waals surface area contributed by atoms with Crippen molar-refractivity contribution in [1.82, 2.24) is 20.2 Å². The molecule has 1 aliphatic heterocycles. The van der Waals surface area contributed by atoms with Crippen LogP contribution in [0, 0.1) is 12.8 Å². The third-order valence-electron chi connectivity index (χ3n) is 7.36. The molecule has 2 fully saturated rings. The maximum Gasteiger partial charge on any atom is 0.412 e. The lowest BCUT2D eigenvalue weighted by atomic mass is 9.98. The molecule has 2 amide bonds. The molecule has 4 aromatic rings. The Labute approximate surface area is 224 Å². The van der Waals surface area contributed by atoms with E-state index in [1.807, 2.05) is 54.2 Å². The number of carbonyl (C=O) groups is 2. The summed E-state index contributed by atoms with van der Waals surface area (Å²) in [5, 5.41) is 3.68. The summed E-state index contributed by atoms with van der Waals surface area (Å²) in [6.45, 7) is 2.06. The highest BCUT2D eigenvalue weighted by Gasteiger charge is 2.49. The van der Waals surface area contributed by atoms with E-state index < -0.39 is 6.09 Å². The van der Waals surface area contributed by atoms with E-state index in [2.05, 4.69) is 10.3 Å². The van der Waals surface area contributed by atoms with Crippen molar-refractivity contribution in [1.29, 1.82) is 0 Å². The minimum atomic E-state index is -0.582. The third kappa shape index (κ3) is 4.38. The second kappa shape index (κ2) is 9.75. The standard InChI is InChI=1S/C28H29N5O4S/c1-16-30-23-21(36-16)10-7-11-22(23)37-28(35)29-15-20-18-12-13-19(14-18)33(20)26(34)24-25(17-8-5-4-6-9-17)38-27(31-24)32(2)3/h4-11,18-20H,12-15H2,1-3H3,(H,29,35)/t18-,19+,20+/m0/s1. The number of nitrogens with zero attached hydrogens (tertiary/aromatic N) is 4. The number of aromatic nitrogens is 2. The molecule has 6 rings (SSSR count). The summed E-state index contributed by atoms with van der Waals surface area (Å²) < 4.78 is 11.1. The van der Waals surface area contributed by atoms with Crippen LogP contribution in [0.15, 0.2) is 52.9 Å². The van der Waals surface area contributed by atoms with Gasteiger partial charge in [0.1, 0.15) is 5.69 Å². The van der Waals surface area contributed by atoms with Crippen molar-refractivity contribution in [3.8, 4) is 16.2 Å². The number of nitrogens with one attached hydrogen (secondary N) is 1. The van der Waals surface area contributed by atoms with E-state index >= 15 is 0 Å². The number of rotatable bonds is 6. The number of hydrogen-bond acceptors (Lipinski definition) is 8. The first-order valence-electron chi connectivity index (χ1n) is 12.8. The number of benzene rings is 2. The molecule has 9 nitrogen and oxygen atoms in total. The van der Waals surface area contributed by atoms with E-state index in [4.69, 9.17) is 14.1 Å². The summed E-state index contributed by atoms with van der Waals surface area (Å²) >= 11 is 1.52. The van der Waals surface area contributed by atoms with Gasteiger partial charge in [-0.15, -0.1) is 0 Å². The van der Waals surface area contributed by atoms with Crippen LogP contribution in [0.4, 0.5) is 9.93 Å². The molecule has 1 aliphatic carbocycles. The molecule has 1 N–H and O–H groups in total. The predicted molar refractivity (Wildman–Crippen MR) is 146 cm³/mol. The Bertz CT molecular complexity index is 1500. The Hall–Kier alpha value is -3.92. The van der Waals surface area contributed by atoms with Crippen LogP contribution in [0.25, 0.3) is 21.5 Å². The van der Waals surface area contributed by atoms with Crippen LogP contribution in [0.3, 0.4) is 0 Å². The number of thiazole rings is 1. The van der Waals surface area contributed by atoms with Crippen LogP contribution in [0.5, 0.6) is 5.75 Å². The fourth-order valence-corrected chi connectivity index (χ4v) is 6.65. The van der Waals surface area contributed by atoms with Gasteiger partial charge in [-0.1, -0.05) is 47.7 Å². The summed E-state index contributed by atoms with van der Waals surface area (Å²) in [6.07, 6.45) is 2.37. The number of ether oxygens (including phenoxy) is 1. The monoisotopic (exact) mass is 531 g/mol. The van der Waals surface area contributed by atoms with E-state index in [-0.39, 0.29) is 18.0 Å². The van der Waals surface area contributed by atoms with Gasteiger partial charge in [0, 0.05) is 33.6 Å². The van der Waals surface area contributed by atoms with Gasteiger partial charge < -0.3 is 24.3 Å². The van der Waals surface area contributed by atoms with Crippen LogP contribution >= 0.6 is 11.3 Å². The number of fused-ring (bicyclic) bond motifs is 3. The first kappa shape index (κ1) is 24.4. The Morgan fingerprint density at radius 1 is 1.13 bits per heavy atom. The number of carbonyl (C=O) groups excluding carboxylic acids is 2. The van der Waals surface area contributed by atoms with E-state index in [0.717, 1.165) is 34.8 Å². The quantitative estimate of drug-likeness (QED) is 0.369. The van der Waals surface area contributed by atoms with Gasteiger partial charge in [0.2, 0.25) is 0 Å². The second-order valence-electron chi connectivity index (χ2n) is 10.0. The van der Waals surface area contributed by atoms with Crippen molar-refractivity contribution in [2.24, 2.45) is 5.92 Å². The first-order valence-corrected chi connectivity index (χ1v) is 13.6. The van der Waals surface area contributed by atoms with Gasteiger partial charge in [-0.2, -0.15) is 0 Å². The molecule has 0 spiro atoms. The minimum Gasteiger partial charge on any atom is -0.441 e. The van der Waals surface area contributed by atoms with Gasteiger partial charge in [-0.25, -0.2) is 14.8 Å². The Morgan fingerprint density at radius 3 is 2.74 bits per heavy atom. The molecule has 2 bridgehead atoms. The maximum absolute atomic E-state index is 14.1. The van der Waals surface area contributed by atoms with Crippen molar-refractivity contribution in [3.63, 3.8) is 0 Å². The zero-order valence-electron chi connectivity index (χ0n) is 21.5. The Balaban J connectivity index is 1.22. The SMILES string of the molecule is Cc1nc2c(OC(=O)NC[C@@H]3[C@H]4CC[C@H](C4)N3C(=O)c3nc(N(C)C)sc3-c3ccccc3)cccc2o1. The molecule has 3 atom stereocenters. The minimum absolute atomic E-state index is 0.0802. The predicted octanol–water partition coefficient (Wildman–Crippen LogP) is 5.11. The van der Waals surface area contributed by atoms with E-state index in [0.29, 0.717) is 40.9 Å². The fourth-order valence-electron chi connectivity index (χ4n) is 5.67. The van der Waals surface area contributed by atoms with Crippen molar-refractivity contribution in [3.05, 3.63) is 60.1 Å². The summed E-state index contributed by atoms with van der Waals surface area (Å²) in [4.78, 5) is 40.6. The van der Waals surface area contributed by atoms with Gasteiger partial charge in [0.25, 0.3) is 5.91 Å². The lowest BCUT2D eigenvalue weighted by Gasteiger charge is -2.35. The number of oxazole rings is 1. The molecular weight excluding hydrogens is 502 g/mol. The summed E-state index contributed by atoms with van der Waals surface area (Å²) in [6, 6.07) is 15.2. The second-order valence-corrected chi connectivity index (χ2v) is 11.0. The summed E-state index contributed by atoms with van der Waals surface area (Å²) in [5.41, 5.74) is 2.51. The topological polar surface area (TPSA) is 101 Å². The van der Waals surface area contributed by atoms with Crippen molar-refractivity contribution >= 4 is 39.6 Å². The number of para-hydroxylation sites is 1. The number of anilines is 1. The lowest BCUT2D eigenvalue weighted by molar-refractivity contribution is 0.0586. The summed E-state index contributed by atoms with van der Waals surface area (Å²) in [7, 11) is 3.86. The molecule has 2 aromatic carbocycles. The molecule has 0 unspecified atom stereocenters. The lowest BCUT2D eigenvalue weighted by Crippen LogP contribution is -2.50. The fraction of sp³-hybridized carbons (Fsp3) is 0.357. The molecule has 10 heteroatoms. The zero-order valence-corrected chi connectivity index (χ0v) is 22.3. The molecule has 38 heavy (non-hydrogen) atoms. The van der Waals surface area contributed by atoms with E-state index in [9.17, 15) is 9.59 Å². The highest BCUT2D eigenvalue weighted by Crippen LogP contribution is 2.44. The van der Waals surface area contributed by atoms with Crippen LogP contribution in [0.1, 0.15) is 35.6 Å². The van der Waals surface area contributed by atoms with Gasteiger partial charge in [-0.3, -0.25) is 4.79 Å². The Kier molecular flexibility index (Phi) is 6.27. The van der Waals surface area contributed by atoms with Crippen molar-refractivity contribution < 1.29 is 18.7 Å². The van der Waals surface area contributed by atoms with Crippen molar-refractivity contribution in [2.75, 3.05) is 25.5 Å². The number of amides is 2. The molecular formula is C28H29N5O4S. The van der Waals surface area contributed by atoms with Crippen molar-refractivity contribution in [2.45, 2.75) is 38.3 Å². The smallest absolute Gasteiger partial charge is 0.412 e. The molecule has 0 radical (unpaired) electrons. The average molecular weight is 532 g/mol. The number of likely N-dealkylation sites (tertiary alicyclic amines) is 1. The number of piperidine rings is 1. The normalized spacial score (nSPS) is 20.2. The van der Waals surface area contributed by atoms with Crippen LogP contribution in [-0.2, 0) is 0 Å². The maximum atomic E-state index is 14.1. The molecule has 1 saturated carbocycles. The van der Waals surface area contributed by atoms with Gasteiger partial charge >= 0.3 is 6.09 Å². The number of aryl methyl sites for hydroxylation is 1.